The van der Waals surface area contributed by atoms with Crippen LogP contribution in [-0.4, -0.2) is 0 Å². The topological polar surface area (TPSA) is 3.24 Å². The lowest BCUT2D eigenvalue weighted by atomic mass is 9.88. The molecule has 0 bridgehead atoms. The van der Waals surface area contributed by atoms with E-state index in [0.29, 0.717) is 0 Å². The highest BCUT2D eigenvalue weighted by Crippen LogP contribution is 2.45. The Hall–Kier alpha value is -7.22. The van der Waals surface area contributed by atoms with Gasteiger partial charge < -0.3 is 4.90 Å². The molecule has 9 rings (SSSR count). The maximum absolute atomic E-state index is 2.40. The quantitative estimate of drug-likeness (QED) is 0.145. The highest BCUT2D eigenvalue weighted by atomic mass is 15.1. The first-order chi connectivity index (χ1) is 27.3. The summed E-state index contributed by atoms with van der Waals surface area (Å²) in [7, 11) is 0. The molecule has 0 radical (unpaired) electrons. The van der Waals surface area contributed by atoms with Crippen molar-refractivity contribution in [3.8, 4) is 66.8 Å². The van der Waals surface area contributed by atoms with Crippen molar-refractivity contribution in [2.45, 2.75) is 0 Å². The number of hydrogen-bond donors (Lipinski definition) is 0. The molecule has 0 saturated heterocycles. The first-order valence-corrected chi connectivity index (χ1v) is 18.8. The Bertz CT molecular complexity index is 2640. The van der Waals surface area contributed by atoms with Crippen molar-refractivity contribution in [1.29, 1.82) is 0 Å². The zero-order chi connectivity index (χ0) is 36.8. The van der Waals surface area contributed by atoms with Crippen LogP contribution < -0.4 is 4.90 Å². The van der Waals surface area contributed by atoms with Gasteiger partial charge in [-0.25, -0.2) is 0 Å². The van der Waals surface area contributed by atoms with E-state index in [0.717, 1.165) is 22.6 Å². The Morgan fingerprint density at radius 2 is 0.455 bits per heavy atom. The van der Waals surface area contributed by atoms with Crippen molar-refractivity contribution in [1.82, 2.24) is 0 Å². The third kappa shape index (κ3) is 7.00. The van der Waals surface area contributed by atoms with Gasteiger partial charge in [-0.2, -0.15) is 0 Å². The summed E-state index contributed by atoms with van der Waals surface area (Å²) in [6.07, 6.45) is 0. The van der Waals surface area contributed by atoms with Gasteiger partial charge in [0.25, 0.3) is 0 Å². The molecule has 1 heteroatoms. The van der Waals surface area contributed by atoms with Crippen LogP contribution in [0.5, 0.6) is 0 Å². The van der Waals surface area contributed by atoms with Crippen molar-refractivity contribution in [2.24, 2.45) is 0 Å². The number of para-hydroxylation sites is 1. The van der Waals surface area contributed by atoms with Gasteiger partial charge >= 0.3 is 0 Å². The summed E-state index contributed by atoms with van der Waals surface area (Å²) in [6, 6.07) is 84.9. The zero-order valence-electron chi connectivity index (χ0n) is 30.5. The molecule has 55 heavy (non-hydrogen) atoms. The van der Waals surface area contributed by atoms with Crippen LogP contribution in [-0.2, 0) is 0 Å². The lowest BCUT2D eigenvalue weighted by Gasteiger charge is -2.29. The monoisotopic (exact) mass is 701 g/mol. The van der Waals surface area contributed by atoms with Crippen LogP contribution in [0.25, 0.3) is 66.8 Å². The van der Waals surface area contributed by atoms with Gasteiger partial charge in [0.1, 0.15) is 0 Å². The molecule has 0 spiro atoms. The molecule has 0 aliphatic carbocycles. The Morgan fingerprint density at radius 1 is 0.182 bits per heavy atom. The molecule has 0 atom stereocenters. The van der Waals surface area contributed by atoms with E-state index in [-0.39, 0.29) is 0 Å². The van der Waals surface area contributed by atoms with Crippen LogP contribution >= 0.6 is 0 Å². The van der Waals surface area contributed by atoms with E-state index >= 15 is 0 Å². The summed E-state index contributed by atoms with van der Waals surface area (Å²) in [5, 5.41) is 0. The second kappa shape index (κ2) is 15.4. The van der Waals surface area contributed by atoms with E-state index in [9.17, 15) is 0 Å². The highest BCUT2D eigenvalue weighted by molar-refractivity contribution is 5.97. The summed E-state index contributed by atoms with van der Waals surface area (Å²) in [5.41, 5.74) is 17.7. The minimum atomic E-state index is 1.09. The average Bonchev–Trinajstić information content (AvgIpc) is 3.28. The minimum Gasteiger partial charge on any atom is -0.310 e. The number of hydrogen-bond acceptors (Lipinski definition) is 1. The molecule has 0 aliphatic heterocycles. The van der Waals surface area contributed by atoms with Gasteiger partial charge in [-0.1, -0.05) is 206 Å². The van der Waals surface area contributed by atoms with Crippen LogP contribution in [0.15, 0.2) is 237 Å². The number of nitrogens with zero attached hydrogens (tertiary/aromatic N) is 1. The second-order valence-electron chi connectivity index (χ2n) is 13.7. The van der Waals surface area contributed by atoms with Crippen molar-refractivity contribution in [3.63, 3.8) is 0 Å². The molecule has 9 aromatic rings. The summed E-state index contributed by atoms with van der Waals surface area (Å²) in [4.78, 5) is 2.40. The molecule has 1 nitrogen and oxygen atoms in total. The van der Waals surface area contributed by atoms with Gasteiger partial charge in [0, 0.05) is 16.9 Å². The zero-order valence-corrected chi connectivity index (χ0v) is 30.5. The maximum atomic E-state index is 2.40. The van der Waals surface area contributed by atoms with Crippen molar-refractivity contribution in [2.75, 3.05) is 4.90 Å². The largest absolute Gasteiger partial charge is 0.310 e. The third-order valence-corrected chi connectivity index (χ3v) is 10.3. The van der Waals surface area contributed by atoms with Crippen LogP contribution in [0.2, 0.25) is 0 Å². The van der Waals surface area contributed by atoms with E-state index in [1.54, 1.807) is 0 Å². The van der Waals surface area contributed by atoms with Gasteiger partial charge in [-0.15, -0.1) is 0 Å². The normalized spacial score (nSPS) is 10.9. The van der Waals surface area contributed by atoms with E-state index < -0.39 is 0 Å². The predicted molar refractivity (Wildman–Crippen MR) is 234 cm³/mol. The van der Waals surface area contributed by atoms with Crippen LogP contribution in [0.4, 0.5) is 17.1 Å². The second-order valence-corrected chi connectivity index (χ2v) is 13.7. The predicted octanol–water partition coefficient (Wildman–Crippen LogP) is 15.2. The molecule has 9 aromatic carbocycles. The molecule has 0 heterocycles. The molecular weight excluding hydrogens is 663 g/mol. The molecule has 0 amide bonds. The van der Waals surface area contributed by atoms with Crippen molar-refractivity contribution < 1.29 is 0 Å². The molecule has 0 saturated carbocycles. The average molecular weight is 702 g/mol. The van der Waals surface area contributed by atoms with Crippen LogP contribution in [0, 0.1) is 0 Å². The fourth-order valence-electron chi connectivity index (χ4n) is 7.59. The smallest absolute Gasteiger partial charge is 0.0540 e. The fraction of sp³-hybridized carbons (Fsp3) is 0. The summed E-state index contributed by atoms with van der Waals surface area (Å²) >= 11 is 0. The van der Waals surface area contributed by atoms with Crippen LogP contribution in [0.1, 0.15) is 0 Å². The van der Waals surface area contributed by atoms with E-state index in [1.165, 1.54) is 61.2 Å². The molecule has 0 aromatic heterocycles. The number of anilines is 3. The Kier molecular flexibility index (Phi) is 9.41. The molecule has 0 N–H and O–H groups in total. The summed E-state index contributed by atoms with van der Waals surface area (Å²) in [5.74, 6) is 0. The number of rotatable bonds is 9. The third-order valence-electron chi connectivity index (χ3n) is 10.3. The van der Waals surface area contributed by atoms with Gasteiger partial charge in [0.2, 0.25) is 0 Å². The molecule has 0 aliphatic rings. The van der Waals surface area contributed by atoms with Crippen molar-refractivity contribution in [3.05, 3.63) is 237 Å². The van der Waals surface area contributed by atoms with Crippen LogP contribution in [0.3, 0.4) is 0 Å². The molecule has 0 fully saturated rings. The van der Waals surface area contributed by atoms with Gasteiger partial charge in [-0.05, 0) is 91.5 Å². The van der Waals surface area contributed by atoms with Crippen molar-refractivity contribution >= 4 is 17.1 Å². The molecule has 260 valence electrons. The SMILES string of the molecule is c1ccc(-c2ccc(-c3ccc(N(c4ccc(-c5ccccc5)cc4)c4ccccc4-c4ccccc4-c4ccccc4-c4ccccc4)cc3)cc2)cc1. The van der Waals surface area contributed by atoms with Gasteiger partial charge in [0.05, 0.1) is 5.69 Å². The minimum absolute atomic E-state index is 1.09. The van der Waals surface area contributed by atoms with E-state index in [2.05, 4.69) is 241 Å². The Morgan fingerprint density at radius 3 is 0.891 bits per heavy atom. The first-order valence-electron chi connectivity index (χ1n) is 18.8. The molecule has 0 unspecified atom stereocenters. The highest BCUT2D eigenvalue weighted by Gasteiger charge is 2.20. The lowest BCUT2D eigenvalue weighted by Crippen LogP contribution is -2.11. The van der Waals surface area contributed by atoms with E-state index in [4.69, 9.17) is 0 Å². The Labute approximate surface area is 324 Å². The van der Waals surface area contributed by atoms with Gasteiger partial charge in [0.15, 0.2) is 0 Å². The van der Waals surface area contributed by atoms with E-state index in [1.807, 2.05) is 0 Å². The maximum Gasteiger partial charge on any atom is 0.0540 e. The summed E-state index contributed by atoms with van der Waals surface area (Å²) < 4.78 is 0. The summed E-state index contributed by atoms with van der Waals surface area (Å²) in [6.45, 7) is 0. The first kappa shape index (κ1) is 33.6. The number of benzene rings is 9. The van der Waals surface area contributed by atoms with Gasteiger partial charge in [-0.3, -0.25) is 0 Å². The standard InChI is InChI=1S/C54H39N/c1-4-16-40(17-5-1)42-28-30-43(31-29-42)45-34-38-48(39-35-45)55(47-36-32-44(33-37-47)41-18-6-2-7-19-41)54-27-15-14-26-53(54)52-25-13-12-24-51(52)50-23-11-10-22-49(50)46-20-8-3-9-21-46/h1-39H. The molecular formula is C54H39N. The fourth-order valence-corrected chi connectivity index (χ4v) is 7.59. The lowest BCUT2D eigenvalue weighted by molar-refractivity contribution is 1.28. The Balaban J connectivity index is 1.15.